The lowest BCUT2D eigenvalue weighted by Crippen LogP contribution is -2.19. The summed E-state index contributed by atoms with van der Waals surface area (Å²) in [6.45, 7) is 0.869. The molecule has 0 aromatic carbocycles. The monoisotopic (exact) mass is 241 g/mol. The van der Waals surface area contributed by atoms with Gasteiger partial charge in [0.1, 0.15) is 11.0 Å². The molecule has 0 atom stereocenters. The molecule has 0 saturated carbocycles. The van der Waals surface area contributed by atoms with Crippen LogP contribution in [0.4, 0.5) is 5.82 Å². The Balaban J connectivity index is 2.53. The number of allylic oxidation sites excluding steroid dienone is 1. The Morgan fingerprint density at radius 3 is 2.93 bits per heavy atom. The summed E-state index contributed by atoms with van der Waals surface area (Å²) in [7, 11) is 2.02. The van der Waals surface area contributed by atoms with Crippen LogP contribution in [-0.4, -0.2) is 29.8 Å². The fraction of sp³-hybridized carbons (Fsp3) is 0.400. The maximum absolute atomic E-state index is 6.14. The smallest absolute Gasteiger partial charge is 0.190 e. The van der Waals surface area contributed by atoms with Gasteiger partial charge in [-0.1, -0.05) is 35.5 Å². The normalized spacial score (nSPS) is 15.0. The zero-order valence-corrected chi connectivity index (χ0v) is 10.3. The van der Waals surface area contributed by atoms with Crippen molar-refractivity contribution >= 4 is 29.2 Å². The van der Waals surface area contributed by atoms with Crippen LogP contribution < -0.4 is 4.90 Å². The molecular weight excluding hydrogens is 230 g/mol. The van der Waals surface area contributed by atoms with Crippen LogP contribution in [0.3, 0.4) is 0 Å². The van der Waals surface area contributed by atoms with Crippen LogP contribution in [0.25, 0.3) is 0 Å². The highest BCUT2D eigenvalue weighted by Gasteiger charge is 2.16. The third kappa shape index (κ3) is 2.11. The van der Waals surface area contributed by atoms with Gasteiger partial charge in [0.05, 0.1) is 0 Å². The third-order valence-electron chi connectivity index (χ3n) is 2.33. The topological polar surface area (TPSA) is 29.0 Å². The van der Waals surface area contributed by atoms with E-state index >= 15 is 0 Å². The number of thioether (sulfide) groups is 1. The van der Waals surface area contributed by atoms with E-state index < -0.39 is 0 Å². The predicted molar refractivity (Wildman–Crippen MR) is 64.9 cm³/mol. The van der Waals surface area contributed by atoms with Gasteiger partial charge in [0.25, 0.3) is 0 Å². The van der Waals surface area contributed by atoms with E-state index in [4.69, 9.17) is 11.6 Å². The van der Waals surface area contributed by atoms with Gasteiger partial charge in [-0.05, 0) is 12.7 Å². The third-order valence-corrected chi connectivity index (χ3v) is 3.19. The average molecular weight is 242 g/mol. The van der Waals surface area contributed by atoms with E-state index in [9.17, 15) is 0 Å². The second-order valence-corrected chi connectivity index (χ2v) is 4.49. The summed E-state index contributed by atoms with van der Waals surface area (Å²) < 4.78 is 0. The van der Waals surface area contributed by atoms with Crippen LogP contribution in [-0.2, 0) is 6.42 Å². The molecule has 0 aliphatic carbocycles. The molecule has 80 valence electrons. The first-order valence-electron chi connectivity index (χ1n) is 4.69. The molecule has 0 unspecified atom stereocenters. The number of anilines is 1. The molecule has 0 spiro atoms. The molecule has 1 aliphatic rings. The molecule has 3 nitrogen and oxygen atoms in total. The van der Waals surface area contributed by atoms with Crippen LogP contribution in [0, 0.1) is 0 Å². The summed E-state index contributed by atoms with van der Waals surface area (Å²) in [5, 5.41) is 1.30. The summed E-state index contributed by atoms with van der Waals surface area (Å²) in [6, 6.07) is 0. The molecular formula is C10H12ClN3S. The lowest BCUT2D eigenvalue weighted by atomic mass is 10.2. The summed E-state index contributed by atoms with van der Waals surface area (Å²) in [5.41, 5.74) is 1.02. The minimum Gasteiger partial charge on any atom is -0.356 e. The van der Waals surface area contributed by atoms with E-state index in [1.165, 1.54) is 11.8 Å². The molecule has 0 amide bonds. The van der Waals surface area contributed by atoms with Gasteiger partial charge in [0.15, 0.2) is 5.16 Å². The summed E-state index contributed by atoms with van der Waals surface area (Å²) in [6.07, 6.45) is 6.99. The standard InChI is InChI=1S/C10H12ClN3S/c1-14-6-4-3-5-7-8(11)12-10(15-2)13-9(7)14/h3-4H,5-6H2,1-2H3. The second-order valence-electron chi connectivity index (χ2n) is 3.36. The number of hydrogen-bond donors (Lipinski definition) is 0. The van der Waals surface area contributed by atoms with Crippen molar-refractivity contribution < 1.29 is 0 Å². The molecule has 0 N–H and O–H groups in total. The maximum Gasteiger partial charge on any atom is 0.190 e. The van der Waals surface area contributed by atoms with Gasteiger partial charge >= 0.3 is 0 Å². The Hall–Kier alpha value is -0.740. The number of halogens is 1. The van der Waals surface area contributed by atoms with E-state index in [2.05, 4.69) is 27.0 Å². The van der Waals surface area contributed by atoms with Gasteiger partial charge < -0.3 is 4.90 Å². The zero-order valence-electron chi connectivity index (χ0n) is 8.70. The van der Waals surface area contributed by atoms with Crippen molar-refractivity contribution in [1.29, 1.82) is 0 Å². The Morgan fingerprint density at radius 2 is 2.20 bits per heavy atom. The van der Waals surface area contributed by atoms with Gasteiger partial charge in [-0.15, -0.1) is 0 Å². The number of rotatable bonds is 1. The highest BCUT2D eigenvalue weighted by atomic mass is 35.5. The van der Waals surface area contributed by atoms with Crippen molar-refractivity contribution in [2.75, 3.05) is 24.7 Å². The molecule has 1 aliphatic heterocycles. The van der Waals surface area contributed by atoms with Gasteiger partial charge in [-0.3, -0.25) is 0 Å². The van der Waals surface area contributed by atoms with Crippen molar-refractivity contribution in [2.45, 2.75) is 11.6 Å². The van der Waals surface area contributed by atoms with Gasteiger partial charge in [0, 0.05) is 19.2 Å². The number of aromatic nitrogens is 2. The highest BCUT2D eigenvalue weighted by Crippen LogP contribution is 2.28. The molecule has 2 heterocycles. The summed E-state index contributed by atoms with van der Waals surface area (Å²) in [5.74, 6) is 0.948. The SMILES string of the molecule is CSc1nc(Cl)c2c(n1)N(C)CC=CC2. The highest BCUT2D eigenvalue weighted by molar-refractivity contribution is 7.98. The first-order chi connectivity index (χ1) is 7.22. The summed E-state index contributed by atoms with van der Waals surface area (Å²) in [4.78, 5) is 10.8. The van der Waals surface area contributed by atoms with Crippen LogP contribution in [0.2, 0.25) is 5.15 Å². The Morgan fingerprint density at radius 1 is 1.40 bits per heavy atom. The molecule has 0 radical (unpaired) electrons. The van der Waals surface area contributed by atoms with E-state index in [1.807, 2.05) is 13.3 Å². The van der Waals surface area contributed by atoms with Gasteiger partial charge in [-0.2, -0.15) is 0 Å². The minimum absolute atomic E-state index is 0.572. The van der Waals surface area contributed by atoms with Crippen molar-refractivity contribution in [1.82, 2.24) is 9.97 Å². The molecule has 5 heteroatoms. The van der Waals surface area contributed by atoms with Crippen molar-refractivity contribution in [3.8, 4) is 0 Å². The largest absolute Gasteiger partial charge is 0.356 e. The van der Waals surface area contributed by atoms with Crippen LogP contribution in [0.1, 0.15) is 5.56 Å². The quantitative estimate of drug-likeness (QED) is 0.327. The van der Waals surface area contributed by atoms with Crippen molar-refractivity contribution in [3.63, 3.8) is 0 Å². The maximum atomic E-state index is 6.14. The fourth-order valence-electron chi connectivity index (χ4n) is 1.53. The van der Waals surface area contributed by atoms with Gasteiger partial charge in [-0.25, -0.2) is 9.97 Å². The molecule has 0 saturated heterocycles. The molecule has 15 heavy (non-hydrogen) atoms. The number of hydrogen-bond acceptors (Lipinski definition) is 4. The van der Waals surface area contributed by atoms with E-state index in [0.29, 0.717) is 5.15 Å². The zero-order chi connectivity index (χ0) is 10.8. The van der Waals surface area contributed by atoms with E-state index in [-0.39, 0.29) is 0 Å². The number of nitrogens with zero attached hydrogens (tertiary/aromatic N) is 3. The Kier molecular flexibility index (Phi) is 3.17. The Bertz CT molecular complexity index is 406. The van der Waals surface area contributed by atoms with Crippen LogP contribution in [0.15, 0.2) is 17.3 Å². The number of fused-ring (bicyclic) bond motifs is 1. The van der Waals surface area contributed by atoms with Crippen molar-refractivity contribution in [2.24, 2.45) is 0 Å². The van der Waals surface area contributed by atoms with Crippen molar-refractivity contribution in [3.05, 3.63) is 22.9 Å². The van der Waals surface area contributed by atoms with Crippen LogP contribution in [0.5, 0.6) is 0 Å². The average Bonchev–Trinajstić information content (AvgIpc) is 2.41. The van der Waals surface area contributed by atoms with Crippen LogP contribution >= 0.6 is 23.4 Å². The Labute approximate surface area is 98.6 Å². The molecule has 1 aromatic rings. The first kappa shape index (κ1) is 10.8. The first-order valence-corrected chi connectivity index (χ1v) is 6.29. The lowest BCUT2D eigenvalue weighted by Gasteiger charge is -2.18. The predicted octanol–water partition coefficient (Wildman–Crippen LogP) is 2.40. The second kappa shape index (κ2) is 4.41. The lowest BCUT2D eigenvalue weighted by molar-refractivity contribution is 0.892. The fourth-order valence-corrected chi connectivity index (χ4v) is 2.18. The number of likely N-dealkylation sites (N-methyl/N-ethyl adjacent to an activating group) is 1. The molecule has 0 bridgehead atoms. The van der Waals surface area contributed by atoms with Gasteiger partial charge in [0.2, 0.25) is 0 Å². The molecule has 1 aromatic heterocycles. The minimum atomic E-state index is 0.572. The molecule has 2 rings (SSSR count). The molecule has 0 fully saturated rings. The van der Waals surface area contributed by atoms with E-state index in [0.717, 1.165) is 29.5 Å². The van der Waals surface area contributed by atoms with E-state index in [1.54, 1.807) is 0 Å². The summed E-state index contributed by atoms with van der Waals surface area (Å²) >= 11 is 7.65.